The molecular weight excluding hydrogens is 854 g/mol. The van der Waals surface area contributed by atoms with Crippen LogP contribution in [0.3, 0.4) is 0 Å². The molecule has 0 aromatic carbocycles. The number of rotatable bonds is 18. The third-order valence-corrected chi connectivity index (χ3v) is 11.1. The molecule has 0 amide bonds. The maximum atomic E-state index is 12.4. The molecule has 25 unspecified atom stereocenters. The summed E-state index contributed by atoms with van der Waals surface area (Å²) in [4.78, 5) is 12.4. The van der Waals surface area contributed by atoms with E-state index in [0.717, 1.165) is 0 Å². The van der Waals surface area contributed by atoms with Crippen molar-refractivity contribution in [3.8, 4) is 0 Å². The molecule has 5 aliphatic heterocycles. The molecule has 0 aromatic rings. The lowest BCUT2D eigenvalue weighted by Crippen LogP contribution is -2.68. The molecule has 62 heavy (non-hydrogen) atoms. The van der Waals surface area contributed by atoms with Gasteiger partial charge < -0.3 is 135 Å². The fourth-order valence-electron chi connectivity index (χ4n) is 7.57. The second-order valence-corrected chi connectivity index (χ2v) is 15.3. The standard InChI is InChI=1S/C34H59NO27/c35-3-1-2-4-53-30-20(47)15(42)24(10(6-37)55-30)59-32-21(48)16(43)26(12(8-39)56-32)60-34-23(50)18(45)27(28(62-34)29(51)52)61-33-22(49)17(44)25(11(7-38)57-33)58-31-19(46)14(41)13(40)9(5-36)54-31/h9-28,30-34,36-50H,1-8,35H2,(H,51,52). The summed E-state index contributed by atoms with van der Waals surface area (Å²) in [5, 5.41) is 168. The SMILES string of the molecule is NCCCCOC1OC(CO)C(OC2OC(CO)C(OC3OC(C(=O)O)C(OC4OC(CO)C(OC5OC(CO)C(O)C(O)C5O)C(O)C4O)C(O)C3O)C(O)C2O)C(O)C1O. The van der Waals surface area contributed by atoms with Crippen molar-refractivity contribution in [2.75, 3.05) is 39.6 Å². The molecule has 0 spiro atoms. The minimum Gasteiger partial charge on any atom is -0.479 e. The predicted molar refractivity (Wildman–Crippen MR) is 189 cm³/mol. The Hall–Kier alpha value is -1.57. The van der Waals surface area contributed by atoms with Crippen LogP contribution in [0.1, 0.15) is 12.8 Å². The van der Waals surface area contributed by atoms with Gasteiger partial charge in [0.25, 0.3) is 0 Å². The van der Waals surface area contributed by atoms with Crippen LogP contribution in [0.5, 0.6) is 0 Å². The van der Waals surface area contributed by atoms with Gasteiger partial charge in [0.2, 0.25) is 0 Å². The van der Waals surface area contributed by atoms with Crippen LogP contribution < -0.4 is 5.73 Å². The Morgan fingerprint density at radius 2 is 0.758 bits per heavy atom. The van der Waals surface area contributed by atoms with E-state index in [0.29, 0.717) is 19.4 Å². The molecule has 362 valence electrons. The van der Waals surface area contributed by atoms with Crippen LogP contribution in [0.2, 0.25) is 0 Å². The quantitative estimate of drug-likeness (QED) is 0.0568. The second kappa shape index (κ2) is 22.8. The molecule has 28 nitrogen and oxygen atoms in total. The molecule has 5 rings (SSSR count). The number of unbranched alkanes of at least 4 members (excludes halogenated alkanes) is 1. The first-order chi connectivity index (χ1) is 29.4. The van der Waals surface area contributed by atoms with Gasteiger partial charge in [-0.15, -0.1) is 0 Å². The van der Waals surface area contributed by atoms with Gasteiger partial charge in [-0.3, -0.25) is 0 Å². The van der Waals surface area contributed by atoms with Crippen molar-refractivity contribution in [1.29, 1.82) is 0 Å². The van der Waals surface area contributed by atoms with Gasteiger partial charge >= 0.3 is 5.97 Å². The van der Waals surface area contributed by atoms with E-state index in [1.165, 1.54) is 0 Å². The summed E-state index contributed by atoms with van der Waals surface area (Å²) in [6, 6.07) is 0. The van der Waals surface area contributed by atoms with E-state index in [2.05, 4.69) is 0 Å². The molecule has 0 saturated carbocycles. The lowest BCUT2D eigenvalue weighted by atomic mass is 9.95. The third kappa shape index (κ3) is 11.0. The van der Waals surface area contributed by atoms with Crippen LogP contribution in [-0.2, 0) is 52.2 Å². The van der Waals surface area contributed by atoms with E-state index in [4.69, 9.17) is 53.1 Å². The van der Waals surface area contributed by atoms with E-state index < -0.39 is 186 Å². The molecule has 5 heterocycles. The van der Waals surface area contributed by atoms with Crippen molar-refractivity contribution in [2.24, 2.45) is 5.73 Å². The Morgan fingerprint density at radius 3 is 1.16 bits per heavy atom. The van der Waals surface area contributed by atoms with Crippen molar-refractivity contribution in [3.63, 3.8) is 0 Å². The van der Waals surface area contributed by atoms with Gasteiger partial charge in [-0.1, -0.05) is 0 Å². The summed E-state index contributed by atoms with van der Waals surface area (Å²) in [6.07, 6.45) is -46.6. The molecule has 0 radical (unpaired) electrons. The monoisotopic (exact) mass is 913 g/mol. The Morgan fingerprint density at radius 1 is 0.419 bits per heavy atom. The largest absolute Gasteiger partial charge is 0.479 e. The molecule has 28 heteroatoms. The highest BCUT2D eigenvalue weighted by atomic mass is 16.8. The van der Waals surface area contributed by atoms with Gasteiger partial charge in [0, 0.05) is 6.61 Å². The summed E-state index contributed by atoms with van der Waals surface area (Å²) < 4.78 is 54.9. The maximum Gasteiger partial charge on any atom is 0.335 e. The van der Waals surface area contributed by atoms with Crippen LogP contribution in [0.15, 0.2) is 0 Å². The smallest absolute Gasteiger partial charge is 0.335 e. The molecule has 0 bridgehead atoms. The summed E-state index contributed by atoms with van der Waals surface area (Å²) in [6.45, 7) is -3.17. The minimum atomic E-state index is -2.31. The minimum absolute atomic E-state index is 0.0891. The first-order valence-electron chi connectivity index (χ1n) is 19.8. The number of carboxylic acids is 1. The van der Waals surface area contributed by atoms with Gasteiger partial charge in [0.15, 0.2) is 37.6 Å². The van der Waals surface area contributed by atoms with Crippen LogP contribution in [0.4, 0.5) is 0 Å². The van der Waals surface area contributed by atoms with Crippen molar-refractivity contribution in [3.05, 3.63) is 0 Å². The van der Waals surface area contributed by atoms with Crippen LogP contribution in [-0.4, -0.2) is 281 Å². The number of hydrogen-bond acceptors (Lipinski definition) is 27. The molecule has 0 aromatic heterocycles. The molecule has 5 aliphatic rings. The van der Waals surface area contributed by atoms with Crippen molar-refractivity contribution in [1.82, 2.24) is 0 Å². The number of carboxylic acid groups (broad SMARTS) is 1. The molecule has 25 atom stereocenters. The Balaban J connectivity index is 1.23. The molecule has 18 N–H and O–H groups in total. The molecule has 5 saturated heterocycles. The highest BCUT2D eigenvalue weighted by Crippen LogP contribution is 2.36. The molecule has 0 aliphatic carbocycles. The number of aliphatic hydroxyl groups is 15. The van der Waals surface area contributed by atoms with Gasteiger partial charge in [-0.05, 0) is 19.4 Å². The lowest BCUT2D eigenvalue weighted by molar-refractivity contribution is -0.390. The summed E-state index contributed by atoms with van der Waals surface area (Å²) >= 11 is 0. The first kappa shape index (κ1) is 51.4. The van der Waals surface area contributed by atoms with E-state index >= 15 is 0 Å². The average molecular weight is 914 g/mol. The molecular formula is C34H59NO27. The zero-order valence-corrected chi connectivity index (χ0v) is 32.8. The summed E-state index contributed by atoms with van der Waals surface area (Å²) in [5.74, 6) is -1.87. The second-order valence-electron chi connectivity index (χ2n) is 15.3. The van der Waals surface area contributed by atoms with Crippen LogP contribution in [0.25, 0.3) is 0 Å². The van der Waals surface area contributed by atoms with Crippen molar-refractivity contribution >= 4 is 5.97 Å². The number of aliphatic hydroxyl groups excluding tert-OH is 15. The van der Waals surface area contributed by atoms with Gasteiger partial charge in [0.05, 0.1) is 26.4 Å². The number of nitrogens with two attached hydrogens (primary N) is 1. The highest BCUT2D eigenvalue weighted by molar-refractivity contribution is 5.73. The molecule has 5 fully saturated rings. The Labute approximate surface area is 351 Å². The first-order valence-corrected chi connectivity index (χ1v) is 19.8. The topological polar surface area (TPSA) is 459 Å². The highest BCUT2D eigenvalue weighted by Gasteiger charge is 2.57. The third-order valence-electron chi connectivity index (χ3n) is 11.1. The van der Waals surface area contributed by atoms with E-state index in [1.54, 1.807) is 0 Å². The predicted octanol–water partition coefficient (Wildman–Crippen LogP) is -11.1. The number of aliphatic carboxylic acids is 1. The van der Waals surface area contributed by atoms with Crippen molar-refractivity contribution in [2.45, 2.75) is 166 Å². The van der Waals surface area contributed by atoms with Gasteiger partial charge in [-0.2, -0.15) is 0 Å². The lowest BCUT2D eigenvalue weighted by Gasteiger charge is -2.49. The average Bonchev–Trinajstić information content (AvgIpc) is 3.25. The summed E-state index contributed by atoms with van der Waals surface area (Å²) in [5.41, 5.74) is 5.46. The van der Waals surface area contributed by atoms with Crippen LogP contribution >= 0.6 is 0 Å². The Kier molecular flexibility index (Phi) is 18.9. The zero-order chi connectivity index (χ0) is 45.7. The van der Waals surface area contributed by atoms with Gasteiger partial charge in [-0.25, -0.2) is 4.79 Å². The van der Waals surface area contributed by atoms with Crippen LogP contribution in [0, 0.1) is 0 Å². The van der Waals surface area contributed by atoms with E-state index in [9.17, 15) is 86.5 Å². The Bertz CT molecular complexity index is 1370. The normalized spacial score (nSPS) is 49.1. The van der Waals surface area contributed by atoms with E-state index in [-0.39, 0.29) is 6.61 Å². The van der Waals surface area contributed by atoms with Gasteiger partial charge in [0.1, 0.15) is 116 Å². The van der Waals surface area contributed by atoms with E-state index in [1.807, 2.05) is 0 Å². The summed E-state index contributed by atoms with van der Waals surface area (Å²) in [7, 11) is 0. The number of carbonyl (C=O) groups is 1. The zero-order valence-electron chi connectivity index (χ0n) is 32.8. The number of hydrogen-bond donors (Lipinski definition) is 17. The fourth-order valence-corrected chi connectivity index (χ4v) is 7.57. The number of ether oxygens (including phenoxy) is 10. The van der Waals surface area contributed by atoms with Crippen molar-refractivity contribution < 1.29 is 134 Å². The maximum absolute atomic E-state index is 12.4. The fraction of sp³-hybridized carbons (Fsp3) is 0.971.